The molecule has 24 heavy (non-hydrogen) atoms. The highest BCUT2D eigenvalue weighted by Crippen LogP contribution is 2.25. The Labute approximate surface area is 143 Å². The quantitative estimate of drug-likeness (QED) is 0.496. The third-order valence-corrected chi connectivity index (χ3v) is 3.52. The fraction of sp³-hybridized carbons (Fsp3) is 0.286. The number of hydrogen-bond acceptors (Lipinski definition) is 3. The van der Waals surface area contributed by atoms with E-state index in [1.54, 1.807) is 0 Å². The summed E-state index contributed by atoms with van der Waals surface area (Å²) in [6, 6.07) is 19.2. The molecule has 126 valence electrons. The number of hydrogen-bond donors (Lipinski definition) is 0. The minimum Gasteiger partial charge on any atom is -0.429 e. The van der Waals surface area contributed by atoms with Crippen LogP contribution in [0.2, 0.25) is 0 Å². The molecule has 0 spiro atoms. The lowest BCUT2D eigenvalue weighted by Crippen LogP contribution is -2.09. The van der Waals surface area contributed by atoms with Crippen molar-refractivity contribution in [3.05, 3.63) is 77.4 Å². The van der Waals surface area contributed by atoms with E-state index in [1.165, 1.54) is 0 Å². The molecule has 2 aromatic rings. The lowest BCUT2D eigenvalue weighted by Gasteiger charge is -2.14. The van der Waals surface area contributed by atoms with E-state index in [9.17, 15) is 4.79 Å². The van der Waals surface area contributed by atoms with Crippen molar-refractivity contribution in [2.24, 2.45) is 5.92 Å². The third-order valence-electron chi connectivity index (χ3n) is 3.52. The van der Waals surface area contributed by atoms with Crippen molar-refractivity contribution < 1.29 is 14.3 Å². The molecular formula is C21H24O3. The SMILES string of the molecule is C/C(CC(C)C)=C(\OC(=O)OCc1ccccc1)c1ccccc1. The van der Waals surface area contributed by atoms with E-state index in [-0.39, 0.29) is 6.61 Å². The first-order valence-electron chi connectivity index (χ1n) is 8.20. The van der Waals surface area contributed by atoms with Crippen LogP contribution in [0.3, 0.4) is 0 Å². The number of ether oxygens (including phenoxy) is 2. The van der Waals surface area contributed by atoms with Gasteiger partial charge in [0.1, 0.15) is 12.4 Å². The average Bonchev–Trinajstić information content (AvgIpc) is 2.59. The Morgan fingerprint density at radius 1 is 0.958 bits per heavy atom. The van der Waals surface area contributed by atoms with Gasteiger partial charge < -0.3 is 9.47 Å². The Balaban J connectivity index is 2.09. The van der Waals surface area contributed by atoms with Crippen molar-refractivity contribution in [2.75, 3.05) is 0 Å². The van der Waals surface area contributed by atoms with Gasteiger partial charge in [-0.05, 0) is 30.4 Å². The maximum atomic E-state index is 12.1. The van der Waals surface area contributed by atoms with Gasteiger partial charge in [-0.15, -0.1) is 0 Å². The second kappa shape index (κ2) is 8.92. The van der Waals surface area contributed by atoms with Crippen molar-refractivity contribution >= 4 is 11.9 Å². The maximum absolute atomic E-state index is 12.1. The molecule has 0 bridgehead atoms. The first-order chi connectivity index (χ1) is 11.6. The van der Waals surface area contributed by atoms with Gasteiger partial charge >= 0.3 is 6.16 Å². The Bertz CT molecular complexity index is 673. The molecule has 0 radical (unpaired) electrons. The van der Waals surface area contributed by atoms with E-state index < -0.39 is 6.16 Å². The van der Waals surface area contributed by atoms with Crippen molar-refractivity contribution in [1.29, 1.82) is 0 Å². The first-order valence-corrected chi connectivity index (χ1v) is 8.20. The van der Waals surface area contributed by atoms with Gasteiger partial charge in [0.25, 0.3) is 0 Å². The van der Waals surface area contributed by atoms with Gasteiger partial charge in [0.05, 0.1) is 0 Å². The minimum atomic E-state index is -0.680. The summed E-state index contributed by atoms with van der Waals surface area (Å²) in [5.74, 6) is 1.06. The molecule has 0 heterocycles. The largest absolute Gasteiger partial charge is 0.514 e. The standard InChI is InChI=1S/C21H24O3/c1-16(2)14-17(3)20(19-12-8-5-9-13-19)24-21(22)23-15-18-10-6-4-7-11-18/h4-13,16H,14-15H2,1-3H3/b20-17+. The van der Waals surface area contributed by atoms with Crippen molar-refractivity contribution in [1.82, 2.24) is 0 Å². The summed E-state index contributed by atoms with van der Waals surface area (Å²) in [4.78, 5) is 12.1. The van der Waals surface area contributed by atoms with Gasteiger partial charge in [0, 0.05) is 5.56 Å². The molecule has 0 saturated heterocycles. The maximum Gasteiger partial charge on any atom is 0.514 e. The normalized spacial score (nSPS) is 11.8. The van der Waals surface area contributed by atoms with E-state index in [4.69, 9.17) is 9.47 Å². The molecule has 0 fully saturated rings. The van der Waals surface area contributed by atoms with Gasteiger partial charge in [-0.1, -0.05) is 74.5 Å². The molecule has 2 rings (SSSR count). The molecule has 3 heteroatoms. The van der Waals surface area contributed by atoms with Gasteiger partial charge in [0.2, 0.25) is 0 Å². The second-order valence-electron chi connectivity index (χ2n) is 6.20. The van der Waals surface area contributed by atoms with Gasteiger partial charge in [-0.25, -0.2) is 4.79 Å². The fourth-order valence-corrected chi connectivity index (χ4v) is 2.52. The van der Waals surface area contributed by atoms with E-state index in [0.29, 0.717) is 11.7 Å². The molecule has 0 atom stereocenters. The van der Waals surface area contributed by atoms with Crippen LogP contribution in [0.4, 0.5) is 4.79 Å². The second-order valence-corrected chi connectivity index (χ2v) is 6.20. The number of allylic oxidation sites excluding steroid dienone is 1. The van der Waals surface area contributed by atoms with Crippen molar-refractivity contribution in [3.8, 4) is 0 Å². The monoisotopic (exact) mass is 324 g/mol. The van der Waals surface area contributed by atoms with Gasteiger partial charge in [-0.2, -0.15) is 0 Å². The highest BCUT2D eigenvalue weighted by atomic mass is 16.7. The number of rotatable bonds is 6. The Kier molecular flexibility index (Phi) is 6.62. The van der Waals surface area contributed by atoms with Crippen molar-refractivity contribution in [3.63, 3.8) is 0 Å². The van der Waals surface area contributed by atoms with Crippen LogP contribution in [0, 0.1) is 5.92 Å². The number of carbonyl (C=O) groups is 1. The zero-order valence-corrected chi connectivity index (χ0v) is 14.5. The van der Waals surface area contributed by atoms with Crippen LogP contribution in [0.15, 0.2) is 66.2 Å². The fourth-order valence-electron chi connectivity index (χ4n) is 2.52. The number of benzene rings is 2. The smallest absolute Gasteiger partial charge is 0.429 e. The van der Waals surface area contributed by atoms with Crippen LogP contribution >= 0.6 is 0 Å². The zero-order valence-electron chi connectivity index (χ0n) is 14.5. The molecule has 0 amide bonds. The molecule has 2 aromatic carbocycles. The van der Waals surface area contributed by atoms with Gasteiger partial charge in [0.15, 0.2) is 0 Å². The molecule has 0 saturated carbocycles. The summed E-state index contributed by atoms with van der Waals surface area (Å²) in [6.45, 7) is 6.47. The lowest BCUT2D eigenvalue weighted by atomic mass is 10.0. The zero-order chi connectivity index (χ0) is 17.4. The summed E-state index contributed by atoms with van der Waals surface area (Å²) >= 11 is 0. The summed E-state index contributed by atoms with van der Waals surface area (Å²) in [6.07, 6.45) is 0.178. The summed E-state index contributed by atoms with van der Waals surface area (Å²) in [5, 5.41) is 0. The van der Waals surface area contributed by atoms with E-state index in [2.05, 4.69) is 13.8 Å². The highest BCUT2D eigenvalue weighted by Gasteiger charge is 2.15. The molecule has 0 aromatic heterocycles. The molecule has 0 aliphatic rings. The predicted octanol–water partition coefficient (Wildman–Crippen LogP) is 5.82. The Morgan fingerprint density at radius 2 is 1.54 bits per heavy atom. The third kappa shape index (κ3) is 5.58. The van der Waals surface area contributed by atoms with Crippen LogP contribution in [-0.4, -0.2) is 6.16 Å². The molecule has 3 nitrogen and oxygen atoms in total. The lowest BCUT2D eigenvalue weighted by molar-refractivity contribution is 0.0838. The molecule has 0 aliphatic heterocycles. The van der Waals surface area contributed by atoms with Crippen LogP contribution < -0.4 is 0 Å². The van der Waals surface area contributed by atoms with E-state index in [0.717, 1.165) is 23.1 Å². The summed E-state index contributed by atoms with van der Waals surface area (Å²) in [7, 11) is 0. The van der Waals surface area contributed by atoms with Gasteiger partial charge in [-0.3, -0.25) is 0 Å². The molecule has 0 unspecified atom stereocenters. The minimum absolute atomic E-state index is 0.199. The van der Waals surface area contributed by atoms with E-state index >= 15 is 0 Å². The Hall–Kier alpha value is -2.55. The first kappa shape index (κ1) is 17.8. The Morgan fingerprint density at radius 3 is 2.12 bits per heavy atom. The molecule has 0 N–H and O–H groups in total. The number of carbonyl (C=O) groups excluding carboxylic acids is 1. The van der Waals surface area contributed by atoms with Crippen molar-refractivity contribution in [2.45, 2.75) is 33.8 Å². The van der Waals surface area contributed by atoms with E-state index in [1.807, 2.05) is 67.6 Å². The van der Waals surface area contributed by atoms with Crippen LogP contribution in [-0.2, 0) is 16.1 Å². The van der Waals surface area contributed by atoms with Crippen LogP contribution in [0.25, 0.3) is 5.76 Å². The molecule has 0 aliphatic carbocycles. The average molecular weight is 324 g/mol. The summed E-state index contributed by atoms with van der Waals surface area (Å²) < 4.78 is 10.8. The van der Waals surface area contributed by atoms with Crippen LogP contribution in [0.5, 0.6) is 0 Å². The highest BCUT2D eigenvalue weighted by molar-refractivity contribution is 5.74. The molecular weight excluding hydrogens is 300 g/mol. The summed E-state index contributed by atoms with van der Waals surface area (Å²) in [5.41, 5.74) is 2.85. The van der Waals surface area contributed by atoms with Crippen LogP contribution in [0.1, 0.15) is 38.3 Å². The predicted molar refractivity (Wildman–Crippen MR) is 96.2 cm³/mol. The topological polar surface area (TPSA) is 35.5 Å².